The molecule has 2 atom stereocenters. The number of hydrogen-bond donors (Lipinski definition) is 1. The van der Waals surface area contributed by atoms with E-state index in [0.29, 0.717) is 11.5 Å². The minimum Gasteiger partial charge on any atom is -0.311 e. The Balaban J connectivity index is 1.99. The van der Waals surface area contributed by atoms with Gasteiger partial charge in [0.1, 0.15) is 0 Å². The van der Waals surface area contributed by atoms with Crippen LogP contribution < -0.4 is 5.32 Å². The van der Waals surface area contributed by atoms with Crippen molar-refractivity contribution in [1.82, 2.24) is 10.2 Å². The molecule has 0 amide bonds. The van der Waals surface area contributed by atoms with Crippen molar-refractivity contribution in [3.63, 3.8) is 0 Å². The quantitative estimate of drug-likeness (QED) is 0.810. The van der Waals surface area contributed by atoms with Crippen molar-refractivity contribution in [2.45, 2.75) is 59.5 Å². The van der Waals surface area contributed by atoms with Crippen molar-refractivity contribution in [1.29, 1.82) is 0 Å². The number of rotatable bonds is 4. The second kappa shape index (κ2) is 4.89. The Hall–Kier alpha value is -0.0800. The highest BCUT2D eigenvalue weighted by Gasteiger charge is 2.42. The molecule has 2 rings (SSSR count). The second-order valence-corrected chi connectivity index (χ2v) is 7.31. The fraction of sp³-hybridized carbons (Fsp3) is 1.00. The van der Waals surface area contributed by atoms with Crippen molar-refractivity contribution in [2.24, 2.45) is 17.3 Å². The van der Waals surface area contributed by atoms with Crippen LogP contribution in [0.4, 0.5) is 0 Å². The third-order valence-corrected chi connectivity index (χ3v) is 4.75. The fourth-order valence-electron chi connectivity index (χ4n) is 3.00. The van der Waals surface area contributed by atoms with Crippen LogP contribution in [-0.4, -0.2) is 36.6 Å². The van der Waals surface area contributed by atoms with E-state index in [9.17, 15) is 0 Å². The summed E-state index contributed by atoms with van der Waals surface area (Å²) in [5.41, 5.74) is 0.645. The molecule has 1 saturated carbocycles. The number of nitrogens with zero attached hydrogens (tertiary/aromatic N) is 1. The first-order valence-corrected chi connectivity index (χ1v) is 7.39. The maximum Gasteiger partial charge on any atom is 0.0244 e. The summed E-state index contributed by atoms with van der Waals surface area (Å²) < 4.78 is 0. The average Bonchev–Trinajstić information content (AvgIpc) is 2.95. The lowest BCUT2D eigenvalue weighted by atomic mass is 9.93. The zero-order chi connectivity index (χ0) is 12.6. The Bertz CT molecular complexity index is 256. The minimum atomic E-state index is 0.645. The van der Waals surface area contributed by atoms with E-state index in [1.54, 1.807) is 0 Å². The van der Waals surface area contributed by atoms with Crippen LogP contribution in [0, 0.1) is 17.3 Å². The van der Waals surface area contributed by atoms with Crippen LogP contribution in [0.2, 0.25) is 0 Å². The van der Waals surface area contributed by atoms with E-state index in [1.165, 1.54) is 32.5 Å². The molecule has 0 aromatic rings. The molecule has 2 heteroatoms. The molecule has 0 aromatic carbocycles. The standard InChI is InChI=1S/C15H30N2/c1-11(2)13-9-17(10-15(5)6-7-15)14(8-16-13)12(3)4/h11-14,16H,6-10H2,1-5H3. The molecule has 100 valence electrons. The van der Waals surface area contributed by atoms with Crippen molar-refractivity contribution in [3.8, 4) is 0 Å². The molecule has 2 nitrogen and oxygen atoms in total. The minimum absolute atomic E-state index is 0.645. The van der Waals surface area contributed by atoms with E-state index < -0.39 is 0 Å². The smallest absolute Gasteiger partial charge is 0.0244 e. The van der Waals surface area contributed by atoms with Gasteiger partial charge in [0.05, 0.1) is 0 Å². The van der Waals surface area contributed by atoms with Crippen molar-refractivity contribution < 1.29 is 0 Å². The Morgan fingerprint density at radius 2 is 1.82 bits per heavy atom. The van der Waals surface area contributed by atoms with Crippen molar-refractivity contribution >= 4 is 0 Å². The number of piperazine rings is 1. The molecule has 1 aliphatic heterocycles. The van der Waals surface area contributed by atoms with Crippen LogP contribution in [0.1, 0.15) is 47.5 Å². The largest absolute Gasteiger partial charge is 0.311 e. The van der Waals surface area contributed by atoms with Gasteiger partial charge < -0.3 is 5.32 Å². The lowest BCUT2D eigenvalue weighted by molar-refractivity contribution is 0.0682. The molecule has 0 bridgehead atoms. The highest BCUT2D eigenvalue weighted by Crippen LogP contribution is 2.46. The summed E-state index contributed by atoms with van der Waals surface area (Å²) in [6.45, 7) is 15.6. The Kier molecular flexibility index (Phi) is 3.84. The van der Waals surface area contributed by atoms with Gasteiger partial charge in [-0.05, 0) is 30.1 Å². The first kappa shape index (κ1) is 13.4. The van der Waals surface area contributed by atoms with E-state index in [4.69, 9.17) is 0 Å². The zero-order valence-electron chi connectivity index (χ0n) is 12.3. The molecule has 2 aliphatic rings. The summed E-state index contributed by atoms with van der Waals surface area (Å²) >= 11 is 0. The maximum absolute atomic E-state index is 3.74. The molecule has 1 N–H and O–H groups in total. The topological polar surface area (TPSA) is 15.3 Å². The van der Waals surface area contributed by atoms with Gasteiger partial charge in [-0.1, -0.05) is 34.6 Å². The molecule has 2 fully saturated rings. The van der Waals surface area contributed by atoms with Crippen LogP contribution in [0.3, 0.4) is 0 Å². The Morgan fingerprint density at radius 3 is 2.29 bits per heavy atom. The molecule has 1 aliphatic carbocycles. The summed E-state index contributed by atoms with van der Waals surface area (Å²) in [6, 6.07) is 1.43. The van der Waals surface area contributed by atoms with Gasteiger partial charge >= 0.3 is 0 Å². The zero-order valence-corrected chi connectivity index (χ0v) is 12.3. The normalized spacial score (nSPS) is 33.4. The molecule has 17 heavy (non-hydrogen) atoms. The lowest BCUT2D eigenvalue weighted by Gasteiger charge is -2.44. The van der Waals surface area contributed by atoms with Crippen LogP contribution >= 0.6 is 0 Å². The summed E-state index contributed by atoms with van der Waals surface area (Å²) in [4.78, 5) is 2.78. The Labute approximate surface area is 107 Å². The summed E-state index contributed by atoms with van der Waals surface area (Å²) in [5.74, 6) is 1.51. The highest BCUT2D eigenvalue weighted by molar-refractivity contribution is 4.96. The monoisotopic (exact) mass is 238 g/mol. The average molecular weight is 238 g/mol. The van der Waals surface area contributed by atoms with E-state index >= 15 is 0 Å². The first-order chi connectivity index (χ1) is 7.91. The van der Waals surface area contributed by atoms with Gasteiger partial charge in [0.15, 0.2) is 0 Å². The van der Waals surface area contributed by atoms with Gasteiger partial charge in [0, 0.05) is 31.7 Å². The van der Waals surface area contributed by atoms with Crippen LogP contribution in [0.15, 0.2) is 0 Å². The third kappa shape index (κ3) is 3.23. The molecule has 0 aromatic heterocycles. The third-order valence-electron chi connectivity index (χ3n) is 4.75. The highest BCUT2D eigenvalue weighted by atomic mass is 15.2. The number of nitrogens with one attached hydrogen (secondary N) is 1. The van der Waals surface area contributed by atoms with Gasteiger partial charge in [-0.25, -0.2) is 0 Å². The number of hydrogen-bond acceptors (Lipinski definition) is 2. The maximum atomic E-state index is 3.74. The predicted octanol–water partition coefficient (Wildman–Crippen LogP) is 2.74. The molecular formula is C15H30N2. The molecule has 1 saturated heterocycles. The SMILES string of the molecule is CC(C)C1CN(CC2(C)CC2)C(C(C)C)CN1. The molecule has 0 spiro atoms. The van der Waals surface area contributed by atoms with Crippen molar-refractivity contribution in [2.75, 3.05) is 19.6 Å². The van der Waals surface area contributed by atoms with Gasteiger partial charge in [-0.15, -0.1) is 0 Å². The summed E-state index contributed by atoms with van der Waals surface area (Å²) in [5, 5.41) is 3.74. The van der Waals surface area contributed by atoms with Crippen LogP contribution in [0.25, 0.3) is 0 Å². The van der Waals surface area contributed by atoms with E-state index in [1.807, 2.05) is 0 Å². The van der Waals surface area contributed by atoms with E-state index in [-0.39, 0.29) is 0 Å². The van der Waals surface area contributed by atoms with E-state index in [2.05, 4.69) is 44.8 Å². The molecule has 0 radical (unpaired) electrons. The molecular weight excluding hydrogens is 208 g/mol. The van der Waals surface area contributed by atoms with Gasteiger partial charge in [-0.2, -0.15) is 0 Å². The van der Waals surface area contributed by atoms with Gasteiger partial charge in [0.25, 0.3) is 0 Å². The Morgan fingerprint density at radius 1 is 1.18 bits per heavy atom. The van der Waals surface area contributed by atoms with Crippen molar-refractivity contribution in [3.05, 3.63) is 0 Å². The van der Waals surface area contributed by atoms with Gasteiger partial charge in [0.2, 0.25) is 0 Å². The fourth-order valence-corrected chi connectivity index (χ4v) is 3.00. The van der Waals surface area contributed by atoms with Gasteiger partial charge in [-0.3, -0.25) is 4.90 Å². The predicted molar refractivity (Wildman–Crippen MR) is 74.2 cm³/mol. The first-order valence-electron chi connectivity index (χ1n) is 7.39. The summed E-state index contributed by atoms with van der Waals surface area (Å²) in [7, 11) is 0. The van der Waals surface area contributed by atoms with Crippen LogP contribution in [-0.2, 0) is 0 Å². The second-order valence-electron chi connectivity index (χ2n) is 7.31. The lowest BCUT2D eigenvalue weighted by Crippen LogP contribution is -2.60. The van der Waals surface area contributed by atoms with Crippen LogP contribution in [0.5, 0.6) is 0 Å². The molecule has 2 unspecified atom stereocenters. The van der Waals surface area contributed by atoms with E-state index in [0.717, 1.165) is 17.9 Å². The summed E-state index contributed by atoms with van der Waals surface area (Å²) in [6.07, 6.45) is 2.88. The molecule has 1 heterocycles.